The first kappa shape index (κ1) is 14.5. The number of nitrogens with zero attached hydrogens (tertiary/aromatic N) is 1. The monoisotopic (exact) mass is 319 g/mol. The maximum Gasteiger partial charge on any atom is 0.331 e. The van der Waals surface area contributed by atoms with Crippen LogP contribution < -0.4 is 0 Å². The Morgan fingerprint density at radius 3 is 2.86 bits per heavy atom. The standard InChI is InChI=1S/C16H17NO2S2/c1-11(18)19-17-13(7-6-12-4-5-12)14-8-9-16(21-14)15-3-2-10-20-15/h2-3,8-10,12H,4-7H2,1H3/b17-13+. The zero-order valence-corrected chi connectivity index (χ0v) is 13.5. The molecular formula is C16H17NO2S2. The van der Waals surface area contributed by atoms with E-state index in [9.17, 15) is 4.79 Å². The van der Waals surface area contributed by atoms with Crippen molar-refractivity contribution in [3.63, 3.8) is 0 Å². The van der Waals surface area contributed by atoms with Gasteiger partial charge in [-0.2, -0.15) is 0 Å². The molecule has 0 aromatic carbocycles. The summed E-state index contributed by atoms with van der Waals surface area (Å²) in [6.07, 6.45) is 4.66. The van der Waals surface area contributed by atoms with Gasteiger partial charge >= 0.3 is 5.97 Å². The fourth-order valence-corrected chi connectivity index (χ4v) is 3.97. The molecule has 2 heterocycles. The number of carbonyl (C=O) groups excluding carboxylic acids is 1. The maximum atomic E-state index is 11.0. The summed E-state index contributed by atoms with van der Waals surface area (Å²) >= 11 is 3.44. The second-order valence-electron chi connectivity index (χ2n) is 5.24. The van der Waals surface area contributed by atoms with Gasteiger partial charge in [-0.15, -0.1) is 22.7 Å². The van der Waals surface area contributed by atoms with Gasteiger partial charge in [0.1, 0.15) is 0 Å². The molecule has 5 heteroatoms. The molecule has 0 atom stereocenters. The summed E-state index contributed by atoms with van der Waals surface area (Å²) in [5, 5.41) is 6.15. The van der Waals surface area contributed by atoms with Crippen molar-refractivity contribution in [3.8, 4) is 9.75 Å². The van der Waals surface area contributed by atoms with E-state index in [1.807, 2.05) is 0 Å². The molecular weight excluding hydrogens is 302 g/mol. The molecule has 2 aromatic rings. The van der Waals surface area contributed by atoms with Crippen LogP contribution in [0, 0.1) is 5.92 Å². The predicted molar refractivity (Wildman–Crippen MR) is 87.9 cm³/mol. The third-order valence-electron chi connectivity index (χ3n) is 3.43. The minimum Gasteiger partial charge on any atom is -0.318 e. The molecule has 1 saturated carbocycles. The molecule has 3 rings (SSSR count). The molecule has 0 radical (unpaired) electrons. The third-order valence-corrected chi connectivity index (χ3v) is 5.63. The van der Waals surface area contributed by atoms with Crippen molar-refractivity contribution >= 4 is 34.4 Å². The molecule has 0 aliphatic heterocycles. The molecule has 21 heavy (non-hydrogen) atoms. The van der Waals surface area contributed by atoms with Gasteiger partial charge in [0.25, 0.3) is 0 Å². The molecule has 0 unspecified atom stereocenters. The van der Waals surface area contributed by atoms with E-state index in [-0.39, 0.29) is 5.97 Å². The van der Waals surface area contributed by atoms with Gasteiger partial charge in [0, 0.05) is 16.7 Å². The van der Waals surface area contributed by atoms with E-state index in [1.54, 1.807) is 22.7 Å². The Hall–Kier alpha value is -1.46. The minimum absolute atomic E-state index is 0.367. The van der Waals surface area contributed by atoms with Gasteiger partial charge in [-0.1, -0.05) is 24.1 Å². The van der Waals surface area contributed by atoms with Crippen LogP contribution in [0.3, 0.4) is 0 Å². The van der Waals surface area contributed by atoms with Crippen LogP contribution in [0.15, 0.2) is 34.8 Å². The molecule has 1 aliphatic rings. The van der Waals surface area contributed by atoms with Crippen LogP contribution in [0.2, 0.25) is 0 Å². The van der Waals surface area contributed by atoms with E-state index in [0.717, 1.165) is 29.3 Å². The number of rotatable bonds is 6. The fraction of sp³-hybridized carbons (Fsp3) is 0.375. The number of hydrogen-bond donors (Lipinski definition) is 0. The van der Waals surface area contributed by atoms with Crippen LogP contribution in [-0.4, -0.2) is 11.7 Å². The molecule has 0 bridgehead atoms. The number of oxime groups is 1. The van der Waals surface area contributed by atoms with Gasteiger partial charge in [0.15, 0.2) is 0 Å². The topological polar surface area (TPSA) is 38.7 Å². The number of thiophene rings is 2. The van der Waals surface area contributed by atoms with Gasteiger partial charge < -0.3 is 4.84 Å². The molecule has 0 N–H and O–H groups in total. The van der Waals surface area contributed by atoms with Gasteiger partial charge in [-0.05, 0) is 42.3 Å². The SMILES string of the molecule is CC(=O)O/N=C(\CCC1CC1)c1ccc(-c2cccs2)s1. The highest BCUT2D eigenvalue weighted by Crippen LogP contribution is 2.36. The van der Waals surface area contributed by atoms with Crippen molar-refractivity contribution < 1.29 is 9.63 Å². The van der Waals surface area contributed by atoms with Crippen molar-refractivity contribution in [3.05, 3.63) is 34.5 Å². The molecule has 110 valence electrons. The summed E-state index contributed by atoms with van der Waals surface area (Å²) in [6.45, 7) is 1.38. The summed E-state index contributed by atoms with van der Waals surface area (Å²) in [5.74, 6) is 0.471. The summed E-state index contributed by atoms with van der Waals surface area (Å²) in [4.78, 5) is 19.5. The molecule has 0 saturated heterocycles. The average Bonchev–Trinajstić information content (AvgIpc) is 2.93. The largest absolute Gasteiger partial charge is 0.331 e. The van der Waals surface area contributed by atoms with Crippen LogP contribution >= 0.6 is 22.7 Å². The van der Waals surface area contributed by atoms with Crippen molar-refractivity contribution in [2.75, 3.05) is 0 Å². The zero-order valence-electron chi connectivity index (χ0n) is 11.9. The first-order valence-electron chi connectivity index (χ1n) is 7.11. The molecule has 3 nitrogen and oxygen atoms in total. The van der Waals surface area contributed by atoms with Crippen LogP contribution in [0.1, 0.15) is 37.5 Å². The molecule has 2 aromatic heterocycles. The van der Waals surface area contributed by atoms with E-state index in [2.05, 4.69) is 34.8 Å². The molecule has 1 aliphatic carbocycles. The Bertz CT molecular complexity index is 639. The van der Waals surface area contributed by atoms with Gasteiger partial charge in [-0.3, -0.25) is 0 Å². The highest BCUT2D eigenvalue weighted by molar-refractivity contribution is 7.22. The van der Waals surface area contributed by atoms with Crippen molar-refractivity contribution in [1.82, 2.24) is 0 Å². The fourth-order valence-electron chi connectivity index (χ4n) is 2.12. The lowest BCUT2D eigenvalue weighted by atomic mass is 10.1. The highest BCUT2D eigenvalue weighted by atomic mass is 32.1. The van der Waals surface area contributed by atoms with Crippen molar-refractivity contribution in [2.24, 2.45) is 11.1 Å². The van der Waals surface area contributed by atoms with E-state index in [4.69, 9.17) is 4.84 Å². The van der Waals surface area contributed by atoms with Crippen LogP contribution in [0.4, 0.5) is 0 Å². The Morgan fingerprint density at radius 1 is 1.33 bits per heavy atom. The molecule has 1 fully saturated rings. The van der Waals surface area contributed by atoms with Gasteiger partial charge in [-0.25, -0.2) is 4.79 Å². The smallest absolute Gasteiger partial charge is 0.318 e. The Morgan fingerprint density at radius 2 is 2.19 bits per heavy atom. The zero-order chi connectivity index (χ0) is 14.7. The van der Waals surface area contributed by atoms with Crippen molar-refractivity contribution in [1.29, 1.82) is 0 Å². The Balaban J connectivity index is 1.77. The first-order chi connectivity index (χ1) is 10.2. The maximum absolute atomic E-state index is 11.0. The minimum atomic E-state index is -0.367. The lowest BCUT2D eigenvalue weighted by Gasteiger charge is -2.02. The van der Waals surface area contributed by atoms with Crippen LogP contribution in [-0.2, 0) is 9.63 Å². The molecule has 0 spiro atoms. The Labute approximate surface area is 132 Å². The summed E-state index contributed by atoms with van der Waals surface area (Å²) < 4.78 is 0. The van der Waals surface area contributed by atoms with Crippen molar-refractivity contribution in [2.45, 2.75) is 32.6 Å². The second-order valence-corrected chi connectivity index (χ2v) is 7.28. The Kier molecular flexibility index (Phi) is 4.51. The van der Waals surface area contributed by atoms with E-state index >= 15 is 0 Å². The lowest BCUT2D eigenvalue weighted by Crippen LogP contribution is -2.02. The number of hydrogen-bond acceptors (Lipinski definition) is 5. The normalized spacial score (nSPS) is 15.2. The van der Waals surface area contributed by atoms with E-state index in [1.165, 1.54) is 29.5 Å². The average molecular weight is 319 g/mol. The quantitative estimate of drug-likeness (QED) is 0.430. The van der Waals surface area contributed by atoms with E-state index < -0.39 is 0 Å². The number of carbonyl (C=O) groups is 1. The van der Waals surface area contributed by atoms with Gasteiger partial charge in [0.2, 0.25) is 0 Å². The van der Waals surface area contributed by atoms with Crippen LogP contribution in [0.5, 0.6) is 0 Å². The van der Waals surface area contributed by atoms with E-state index in [0.29, 0.717) is 0 Å². The second kappa shape index (κ2) is 6.54. The highest BCUT2D eigenvalue weighted by Gasteiger charge is 2.22. The predicted octanol–water partition coefficient (Wildman–Crippen LogP) is 4.93. The van der Waals surface area contributed by atoms with Gasteiger partial charge in [0.05, 0.1) is 10.6 Å². The van der Waals surface area contributed by atoms with Crippen LogP contribution in [0.25, 0.3) is 9.75 Å². The third kappa shape index (κ3) is 4.02. The lowest BCUT2D eigenvalue weighted by molar-refractivity contribution is -0.140. The summed E-state index contributed by atoms with van der Waals surface area (Å²) in [7, 11) is 0. The summed E-state index contributed by atoms with van der Waals surface area (Å²) in [6, 6.07) is 8.37. The first-order valence-corrected chi connectivity index (χ1v) is 8.80. The molecule has 0 amide bonds. The summed E-state index contributed by atoms with van der Waals surface area (Å²) in [5.41, 5.74) is 0.893.